The van der Waals surface area contributed by atoms with Crippen LogP contribution in [0.4, 0.5) is 5.82 Å². The largest absolute Gasteiger partial charge is 0.481 e. The maximum absolute atomic E-state index is 10.8. The van der Waals surface area contributed by atoms with Gasteiger partial charge in [0, 0.05) is 31.2 Å². The highest BCUT2D eigenvalue weighted by Gasteiger charge is 2.36. The Morgan fingerprint density at radius 2 is 2.00 bits per heavy atom. The van der Waals surface area contributed by atoms with Crippen LogP contribution in [0.2, 0.25) is 0 Å². The van der Waals surface area contributed by atoms with Gasteiger partial charge in [-0.05, 0) is 25.7 Å². The standard InChI is InChI=1S/C15H22N4O3/c1-22-14-8-13(16-10-17-14)19(11-2-3-11)12-4-6-18(7-5-12)9-15(20)21/h8,10-12H,2-7,9H2,1H3,(H,20,21). The van der Waals surface area contributed by atoms with Gasteiger partial charge in [-0.25, -0.2) is 9.97 Å². The third kappa shape index (κ3) is 3.47. The van der Waals surface area contributed by atoms with Crippen molar-refractivity contribution in [1.29, 1.82) is 0 Å². The summed E-state index contributed by atoms with van der Waals surface area (Å²) in [5.74, 6) is 0.753. The predicted octanol–water partition coefficient (Wildman–Crippen LogP) is 1.00. The molecular formula is C15H22N4O3. The molecule has 0 unspecified atom stereocenters. The Morgan fingerprint density at radius 3 is 2.59 bits per heavy atom. The molecule has 7 nitrogen and oxygen atoms in total. The fraction of sp³-hybridized carbons (Fsp3) is 0.667. The fourth-order valence-electron chi connectivity index (χ4n) is 3.15. The van der Waals surface area contributed by atoms with Crippen LogP contribution in [0.25, 0.3) is 0 Å². The van der Waals surface area contributed by atoms with E-state index < -0.39 is 5.97 Å². The number of anilines is 1. The normalized spacial score (nSPS) is 19.9. The first-order valence-electron chi connectivity index (χ1n) is 7.76. The zero-order valence-corrected chi connectivity index (χ0v) is 12.8. The SMILES string of the molecule is COc1cc(N(C2CC2)C2CCN(CC(=O)O)CC2)ncn1. The summed E-state index contributed by atoms with van der Waals surface area (Å²) < 4.78 is 5.20. The van der Waals surface area contributed by atoms with Crippen LogP contribution in [0.15, 0.2) is 12.4 Å². The van der Waals surface area contributed by atoms with Crippen molar-refractivity contribution in [3.63, 3.8) is 0 Å². The van der Waals surface area contributed by atoms with E-state index >= 15 is 0 Å². The Morgan fingerprint density at radius 1 is 1.32 bits per heavy atom. The monoisotopic (exact) mass is 306 g/mol. The topological polar surface area (TPSA) is 78.8 Å². The van der Waals surface area contributed by atoms with Gasteiger partial charge >= 0.3 is 5.97 Å². The summed E-state index contributed by atoms with van der Waals surface area (Å²) >= 11 is 0. The van der Waals surface area contributed by atoms with E-state index in [4.69, 9.17) is 9.84 Å². The minimum atomic E-state index is -0.752. The van der Waals surface area contributed by atoms with Gasteiger partial charge in [0.05, 0.1) is 13.7 Å². The molecule has 0 atom stereocenters. The third-order valence-electron chi connectivity index (χ3n) is 4.35. The Bertz CT molecular complexity index is 527. The van der Waals surface area contributed by atoms with Crippen molar-refractivity contribution in [2.24, 2.45) is 0 Å². The summed E-state index contributed by atoms with van der Waals surface area (Å²) in [6.45, 7) is 1.78. The summed E-state index contributed by atoms with van der Waals surface area (Å²) in [6.07, 6.45) is 5.87. The van der Waals surface area contributed by atoms with Crippen molar-refractivity contribution in [2.45, 2.75) is 37.8 Å². The van der Waals surface area contributed by atoms with Crippen LogP contribution in [0, 0.1) is 0 Å². The summed E-state index contributed by atoms with van der Waals surface area (Å²) in [7, 11) is 1.61. The molecule has 120 valence electrons. The quantitative estimate of drug-likeness (QED) is 0.840. The average molecular weight is 306 g/mol. The first-order chi connectivity index (χ1) is 10.7. The highest BCUT2D eigenvalue weighted by Crippen LogP contribution is 2.35. The van der Waals surface area contributed by atoms with Crippen LogP contribution < -0.4 is 9.64 Å². The Kier molecular flexibility index (Phi) is 4.42. The van der Waals surface area contributed by atoms with Crippen LogP contribution in [0.1, 0.15) is 25.7 Å². The van der Waals surface area contributed by atoms with Gasteiger partial charge in [0.25, 0.3) is 0 Å². The highest BCUT2D eigenvalue weighted by atomic mass is 16.5. The zero-order valence-electron chi connectivity index (χ0n) is 12.8. The van der Waals surface area contributed by atoms with Crippen molar-refractivity contribution >= 4 is 11.8 Å². The van der Waals surface area contributed by atoms with Crippen molar-refractivity contribution in [3.8, 4) is 5.88 Å². The van der Waals surface area contributed by atoms with E-state index in [0.29, 0.717) is 18.0 Å². The number of carboxylic acids is 1. The molecule has 0 spiro atoms. The Balaban J connectivity index is 1.69. The number of carboxylic acid groups (broad SMARTS) is 1. The molecule has 0 bridgehead atoms. The molecule has 3 rings (SSSR count). The minimum absolute atomic E-state index is 0.136. The van der Waals surface area contributed by atoms with Crippen molar-refractivity contribution in [3.05, 3.63) is 12.4 Å². The molecule has 0 amide bonds. The molecule has 2 fully saturated rings. The smallest absolute Gasteiger partial charge is 0.317 e. The van der Waals surface area contributed by atoms with Crippen LogP contribution in [-0.2, 0) is 4.79 Å². The van der Waals surface area contributed by atoms with Crippen LogP contribution >= 0.6 is 0 Å². The Hall–Kier alpha value is -1.89. The number of nitrogens with zero attached hydrogens (tertiary/aromatic N) is 4. The van der Waals surface area contributed by atoms with Gasteiger partial charge < -0.3 is 14.7 Å². The lowest BCUT2D eigenvalue weighted by Crippen LogP contribution is -2.47. The second kappa shape index (κ2) is 6.48. The van der Waals surface area contributed by atoms with Crippen molar-refractivity contribution < 1.29 is 14.6 Å². The number of carbonyl (C=O) groups is 1. The molecule has 1 N–H and O–H groups in total. The fourth-order valence-corrected chi connectivity index (χ4v) is 3.15. The van der Waals surface area contributed by atoms with E-state index in [0.717, 1.165) is 31.7 Å². The number of piperidine rings is 1. The van der Waals surface area contributed by atoms with E-state index in [1.165, 1.54) is 12.8 Å². The van der Waals surface area contributed by atoms with Gasteiger partial charge in [0.15, 0.2) is 0 Å². The van der Waals surface area contributed by atoms with E-state index in [1.54, 1.807) is 13.4 Å². The zero-order chi connectivity index (χ0) is 15.5. The van der Waals surface area contributed by atoms with Crippen molar-refractivity contribution in [2.75, 3.05) is 31.6 Å². The number of rotatable bonds is 6. The number of aliphatic carboxylic acids is 1. The first kappa shape index (κ1) is 15.0. The van der Waals surface area contributed by atoms with E-state index in [2.05, 4.69) is 14.9 Å². The molecule has 1 aromatic rings. The lowest BCUT2D eigenvalue weighted by atomic mass is 10.0. The molecular weight excluding hydrogens is 284 g/mol. The predicted molar refractivity (Wildman–Crippen MR) is 81.2 cm³/mol. The highest BCUT2D eigenvalue weighted by molar-refractivity contribution is 5.69. The summed E-state index contributed by atoms with van der Waals surface area (Å²) in [4.78, 5) is 23.7. The molecule has 0 radical (unpaired) electrons. The number of hydrogen-bond acceptors (Lipinski definition) is 6. The number of likely N-dealkylation sites (tertiary alicyclic amines) is 1. The number of hydrogen-bond donors (Lipinski definition) is 1. The van der Waals surface area contributed by atoms with Gasteiger partial charge in [-0.2, -0.15) is 0 Å². The molecule has 7 heteroatoms. The molecule has 1 aliphatic heterocycles. The summed E-state index contributed by atoms with van der Waals surface area (Å²) in [6, 6.07) is 2.86. The average Bonchev–Trinajstić information content (AvgIpc) is 3.34. The third-order valence-corrected chi connectivity index (χ3v) is 4.35. The number of aromatic nitrogens is 2. The summed E-state index contributed by atoms with van der Waals surface area (Å²) in [5, 5.41) is 8.89. The van der Waals surface area contributed by atoms with Gasteiger partial charge in [0.2, 0.25) is 5.88 Å². The molecule has 1 aromatic heterocycles. The first-order valence-corrected chi connectivity index (χ1v) is 7.76. The number of methoxy groups -OCH3 is 1. The maximum atomic E-state index is 10.8. The molecule has 22 heavy (non-hydrogen) atoms. The van der Waals surface area contributed by atoms with Crippen LogP contribution in [-0.4, -0.2) is 64.8 Å². The van der Waals surface area contributed by atoms with Crippen LogP contribution in [0.3, 0.4) is 0 Å². The van der Waals surface area contributed by atoms with Gasteiger partial charge in [-0.1, -0.05) is 0 Å². The second-order valence-corrected chi connectivity index (χ2v) is 5.96. The van der Waals surface area contributed by atoms with E-state index in [9.17, 15) is 4.79 Å². The van der Waals surface area contributed by atoms with Gasteiger partial charge in [-0.15, -0.1) is 0 Å². The summed E-state index contributed by atoms with van der Waals surface area (Å²) in [5.41, 5.74) is 0. The Labute approximate surface area is 129 Å². The molecule has 1 saturated heterocycles. The molecule has 0 aromatic carbocycles. The van der Waals surface area contributed by atoms with E-state index in [1.807, 2.05) is 11.0 Å². The van der Waals surface area contributed by atoms with Gasteiger partial charge in [0.1, 0.15) is 12.1 Å². The lowest BCUT2D eigenvalue weighted by molar-refractivity contribution is -0.138. The second-order valence-electron chi connectivity index (χ2n) is 5.96. The maximum Gasteiger partial charge on any atom is 0.317 e. The molecule has 1 aliphatic carbocycles. The lowest BCUT2D eigenvalue weighted by Gasteiger charge is -2.39. The molecule has 1 saturated carbocycles. The van der Waals surface area contributed by atoms with Crippen LogP contribution in [0.5, 0.6) is 5.88 Å². The number of ether oxygens (including phenoxy) is 1. The molecule has 2 aliphatic rings. The molecule has 2 heterocycles. The van der Waals surface area contributed by atoms with E-state index in [-0.39, 0.29) is 6.54 Å². The van der Waals surface area contributed by atoms with Gasteiger partial charge in [-0.3, -0.25) is 9.69 Å². The van der Waals surface area contributed by atoms with Crippen molar-refractivity contribution in [1.82, 2.24) is 14.9 Å². The minimum Gasteiger partial charge on any atom is -0.481 e.